The molecule has 0 rings (SSSR count). The maximum atomic E-state index is 11.6. The van der Waals surface area contributed by atoms with Gasteiger partial charge in [0.05, 0.1) is 13.2 Å². The van der Waals surface area contributed by atoms with E-state index in [2.05, 4.69) is 20.5 Å². The smallest absolute Gasteiger partial charge is 0.261 e. The van der Waals surface area contributed by atoms with Crippen LogP contribution >= 0.6 is 0 Å². The molecule has 4 N–H and O–H groups in total. The molecule has 0 aliphatic rings. The van der Waals surface area contributed by atoms with Crippen LogP contribution in [0.3, 0.4) is 0 Å². The highest BCUT2D eigenvalue weighted by atomic mass is 19.3. The second kappa shape index (κ2) is 8.64. The molecule has 0 spiro atoms. The van der Waals surface area contributed by atoms with Crippen molar-refractivity contribution in [3.8, 4) is 0 Å². The molecule has 84 valence electrons. The number of nitrogens with one attached hydrogen (secondary N) is 2. The molecule has 7 heteroatoms. The van der Waals surface area contributed by atoms with Crippen molar-refractivity contribution in [3.05, 3.63) is 0 Å². The van der Waals surface area contributed by atoms with Crippen LogP contribution in [0.1, 0.15) is 6.92 Å². The number of nitrogens with zero attached hydrogens (tertiary/aromatic N) is 1. The lowest BCUT2D eigenvalue weighted by Crippen LogP contribution is -2.41. The summed E-state index contributed by atoms with van der Waals surface area (Å²) in [5, 5.41) is 2.84. The lowest BCUT2D eigenvalue weighted by molar-refractivity contribution is 0.0207. The van der Waals surface area contributed by atoms with Crippen LogP contribution in [0.5, 0.6) is 0 Å². The van der Waals surface area contributed by atoms with Crippen molar-refractivity contribution in [1.82, 2.24) is 10.7 Å². The first-order valence-electron chi connectivity index (χ1n) is 4.31. The van der Waals surface area contributed by atoms with Gasteiger partial charge in [-0.15, -0.1) is 0 Å². The molecular weight excluding hydrogens is 194 g/mol. The Hall–Kier alpha value is -0.950. The predicted molar refractivity (Wildman–Crippen MR) is 50.1 cm³/mol. The van der Waals surface area contributed by atoms with Crippen LogP contribution in [-0.4, -0.2) is 38.7 Å². The van der Waals surface area contributed by atoms with Gasteiger partial charge in [0.25, 0.3) is 6.43 Å². The minimum absolute atomic E-state index is 0.154. The molecule has 0 unspecified atom stereocenters. The lowest BCUT2D eigenvalue weighted by atomic mass is 10.6. The molecular formula is C7H16F2N4O. The van der Waals surface area contributed by atoms with Crippen LogP contribution < -0.4 is 16.6 Å². The first kappa shape index (κ1) is 13.1. The van der Waals surface area contributed by atoms with Gasteiger partial charge in [-0.3, -0.25) is 5.43 Å². The van der Waals surface area contributed by atoms with Crippen LogP contribution in [0.2, 0.25) is 0 Å². The Morgan fingerprint density at radius 2 is 2.29 bits per heavy atom. The van der Waals surface area contributed by atoms with Gasteiger partial charge in [-0.25, -0.2) is 19.6 Å². The molecule has 0 aromatic carbocycles. The van der Waals surface area contributed by atoms with E-state index in [1.807, 2.05) is 6.92 Å². The summed E-state index contributed by atoms with van der Waals surface area (Å²) in [5.74, 6) is 5.54. The summed E-state index contributed by atoms with van der Waals surface area (Å²) in [6, 6.07) is 0. The number of aliphatic imine (C=N–C) groups is 1. The number of hydrogen-bond acceptors (Lipinski definition) is 3. The SMILES string of the molecule is CCNC(=NCCOCC(F)F)NN. The molecule has 0 aromatic heterocycles. The highest BCUT2D eigenvalue weighted by Crippen LogP contribution is 1.91. The Morgan fingerprint density at radius 1 is 1.57 bits per heavy atom. The molecule has 0 saturated carbocycles. The summed E-state index contributed by atoms with van der Waals surface area (Å²) < 4.78 is 27.8. The number of nitrogens with two attached hydrogens (primary N) is 1. The molecule has 0 aliphatic carbocycles. The van der Waals surface area contributed by atoms with Gasteiger partial charge in [0.1, 0.15) is 6.61 Å². The standard InChI is InChI=1S/C7H16F2N4O/c1-2-11-7(13-10)12-3-4-14-5-6(8)9/h6H,2-5,10H2,1H3,(H2,11,12,13). The van der Waals surface area contributed by atoms with Gasteiger partial charge in [0.2, 0.25) is 5.96 Å². The van der Waals surface area contributed by atoms with E-state index < -0.39 is 13.0 Å². The molecule has 0 atom stereocenters. The van der Waals surface area contributed by atoms with E-state index in [1.54, 1.807) is 0 Å². The van der Waals surface area contributed by atoms with Crippen molar-refractivity contribution in [2.45, 2.75) is 13.3 Å². The number of alkyl halides is 2. The summed E-state index contributed by atoms with van der Waals surface area (Å²) >= 11 is 0. The predicted octanol–water partition coefficient (Wildman–Crippen LogP) is -0.303. The van der Waals surface area contributed by atoms with E-state index in [-0.39, 0.29) is 6.61 Å². The molecule has 0 heterocycles. The average Bonchev–Trinajstić information content (AvgIpc) is 2.15. The minimum Gasteiger partial charge on any atom is -0.374 e. The largest absolute Gasteiger partial charge is 0.374 e. The molecule has 0 aromatic rings. The first-order valence-corrected chi connectivity index (χ1v) is 4.31. The van der Waals surface area contributed by atoms with Crippen molar-refractivity contribution >= 4 is 5.96 Å². The molecule has 0 aliphatic heterocycles. The van der Waals surface area contributed by atoms with Crippen molar-refractivity contribution in [1.29, 1.82) is 0 Å². The van der Waals surface area contributed by atoms with Gasteiger partial charge in [-0.05, 0) is 6.92 Å². The normalized spacial score (nSPS) is 11.9. The Bertz CT molecular complexity index is 166. The fourth-order valence-corrected chi connectivity index (χ4v) is 0.714. The van der Waals surface area contributed by atoms with E-state index in [0.29, 0.717) is 19.0 Å². The van der Waals surface area contributed by atoms with Crippen molar-refractivity contribution in [2.75, 3.05) is 26.3 Å². The van der Waals surface area contributed by atoms with E-state index in [1.165, 1.54) is 0 Å². The molecule has 5 nitrogen and oxygen atoms in total. The van der Waals surface area contributed by atoms with Crippen molar-refractivity contribution < 1.29 is 13.5 Å². The van der Waals surface area contributed by atoms with Crippen LogP contribution in [0.15, 0.2) is 4.99 Å². The molecule has 0 bridgehead atoms. The third-order valence-corrected chi connectivity index (χ3v) is 1.23. The van der Waals surface area contributed by atoms with Crippen molar-refractivity contribution in [3.63, 3.8) is 0 Å². The molecule has 0 saturated heterocycles. The minimum atomic E-state index is -2.43. The zero-order valence-corrected chi connectivity index (χ0v) is 8.09. The van der Waals surface area contributed by atoms with E-state index >= 15 is 0 Å². The summed E-state index contributed by atoms with van der Waals surface area (Å²) in [5.41, 5.74) is 2.34. The summed E-state index contributed by atoms with van der Waals surface area (Å²) in [4.78, 5) is 3.93. The molecule has 0 fully saturated rings. The monoisotopic (exact) mass is 210 g/mol. The van der Waals surface area contributed by atoms with Crippen molar-refractivity contribution in [2.24, 2.45) is 10.8 Å². The zero-order chi connectivity index (χ0) is 10.8. The Balaban J connectivity index is 3.47. The third kappa shape index (κ3) is 7.69. The molecule has 14 heavy (non-hydrogen) atoms. The first-order chi connectivity index (χ1) is 6.70. The Morgan fingerprint density at radius 3 is 2.79 bits per heavy atom. The number of ether oxygens (including phenoxy) is 1. The summed E-state index contributed by atoms with van der Waals surface area (Å²) in [6.07, 6.45) is -2.43. The third-order valence-electron chi connectivity index (χ3n) is 1.23. The topological polar surface area (TPSA) is 71.7 Å². The van der Waals surface area contributed by atoms with E-state index in [9.17, 15) is 8.78 Å². The highest BCUT2D eigenvalue weighted by Gasteiger charge is 2.00. The molecule has 0 radical (unpaired) electrons. The van der Waals surface area contributed by atoms with Gasteiger partial charge < -0.3 is 10.1 Å². The number of hydrazine groups is 1. The maximum Gasteiger partial charge on any atom is 0.261 e. The zero-order valence-electron chi connectivity index (χ0n) is 8.09. The highest BCUT2D eigenvalue weighted by molar-refractivity contribution is 5.78. The van der Waals surface area contributed by atoms with Crippen LogP contribution in [0, 0.1) is 0 Å². The van der Waals surface area contributed by atoms with Crippen LogP contribution in [-0.2, 0) is 4.74 Å². The van der Waals surface area contributed by atoms with Gasteiger partial charge in [-0.1, -0.05) is 0 Å². The fraction of sp³-hybridized carbons (Fsp3) is 0.857. The van der Waals surface area contributed by atoms with Gasteiger partial charge in [0.15, 0.2) is 0 Å². The number of rotatable bonds is 6. The molecule has 0 amide bonds. The Labute approximate surface area is 81.7 Å². The maximum absolute atomic E-state index is 11.6. The number of halogens is 2. The summed E-state index contributed by atoms with van der Waals surface area (Å²) in [7, 11) is 0. The summed E-state index contributed by atoms with van der Waals surface area (Å²) in [6.45, 7) is 2.46. The average molecular weight is 210 g/mol. The second-order valence-corrected chi connectivity index (χ2v) is 2.37. The van der Waals surface area contributed by atoms with Gasteiger partial charge in [0, 0.05) is 6.54 Å². The lowest BCUT2D eigenvalue weighted by Gasteiger charge is -2.06. The van der Waals surface area contributed by atoms with Crippen LogP contribution in [0.25, 0.3) is 0 Å². The van der Waals surface area contributed by atoms with E-state index in [0.717, 1.165) is 0 Å². The second-order valence-electron chi connectivity index (χ2n) is 2.37. The van der Waals surface area contributed by atoms with Gasteiger partial charge >= 0.3 is 0 Å². The quantitative estimate of drug-likeness (QED) is 0.185. The van der Waals surface area contributed by atoms with Gasteiger partial charge in [-0.2, -0.15) is 0 Å². The number of hydrogen-bond donors (Lipinski definition) is 3. The number of guanidine groups is 1. The fourth-order valence-electron chi connectivity index (χ4n) is 0.714. The Kier molecular flexibility index (Phi) is 8.05. The van der Waals surface area contributed by atoms with Crippen LogP contribution in [0.4, 0.5) is 8.78 Å². The van der Waals surface area contributed by atoms with E-state index in [4.69, 9.17) is 5.84 Å².